The molecule has 0 fully saturated rings. The van der Waals surface area contributed by atoms with Crippen LogP contribution in [-0.2, 0) is 10.8 Å². The molecule has 54 heavy (non-hydrogen) atoms. The van der Waals surface area contributed by atoms with E-state index in [-0.39, 0.29) is 10.8 Å². The summed E-state index contributed by atoms with van der Waals surface area (Å²) >= 11 is 0. The third-order valence-electron chi connectivity index (χ3n) is 11.0. The molecule has 0 unspecified atom stereocenters. The fourth-order valence-corrected chi connectivity index (χ4v) is 7.63. The van der Waals surface area contributed by atoms with Crippen LogP contribution in [0, 0.1) is 0 Å². The fraction of sp³-hybridized carbons (Fsp3) is 0.154. The highest BCUT2D eigenvalue weighted by molar-refractivity contribution is 6.08. The van der Waals surface area contributed by atoms with Crippen molar-refractivity contribution in [3.63, 3.8) is 0 Å². The van der Waals surface area contributed by atoms with Crippen LogP contribution < -0.4 is 0 Å². The van der Waals surface area contributed by atoms with Gasteiger partial charge in [-0.05, 0) is 79.2 Å². The van der Waals surface area contributed by atoms with Crippen LogP contribution in [0.3, 0.4) is 0 Å². The Morgan fingerprint density at radius 1 is 0.296 bits per heavy atom. The number of benzene rings is 7. The Hall–Kier alpha value is -6.12. The summed E-state index contributed by atoms with van der Waals surface area (Å²) < 4.78 is 0. The molecule has 262 valence electrons. The third-order valence-corrected chi connectivity index (χ3v) is 11.0. The molecule has 9 aromatic rings. The number of hydrogen-bond donors (Lipinski definition) is 0. The van der Waals surface area contributed by atoms with Gasteiger partial charge in [-0.2, -0.15) is 0 Å². The maximum absolute atomic E-state index is 5.27. The second kappa shape index (κ2) is 12.8. The van der Waals surface area contributed by atoms with Gasteiger partial charge in [-0.3, -0.25) is 0 Å². The van der Waals surface area contributed by atoms with Crippen molar-refractivity contribution in [2.45, 2.75) is 52.4 Å². The zero-order chi connectivity index (χ0) is 37.2. The predicted octanol–water partition coefficient (Wildman–Crippen LogP) is 14.4. The number of rotatable bonds is 4. The average molecular weight is 697 g/mol. The van der Waals surface area contributed by atoms with Gasteiger partial charge in [0.25, 0.3) is 0 Å². The van der Waals surface area contributed by atoms with Gasteiger partial charge < -0.3 is 0 Å². The molecule has 9 rings (SSSR count). The van der Waals surface area contributed by atoms with Gasteiger partial charge in [0.1, 0.15) is 0 Å². The third kappa shape index (κ3) is 6.22. The molecule has 0 spiro atoms. The smallest absolute Gasteiger partial charge is 0.0788 e. The first-order valence-electron chi connectivity index (χ1n) is 19.0. The fourth-order valence-electron chi connectivity index (χ4n) is 7.63. The first-order chi connectivity index (χ1) is 26.0. The van der Waals surface area contributed by atoms with Crippen molar-refractivity contribution < 1.29 is 0 Å². The van der Waals surface area contributed by atoms with Gasteiger partial charge in [0, 0.05) is 32.7 Å². The highest BCUT2D eigenvalue weighted by Crippen LogP contribution is 2.35. The molecular formula is C52H44N2. The monoisotopic (exact) mass is 696 g/mol. The van der Waals surface area contributed by atoms with Crippen LogP contribution in [0.2, 0.25) is 0 Å². The summed E-state index contributed by atoms with van der Waals surface area (Å²) in [7, 11) is 0. The van der Waals surface area contributed by atoms with E-state index in [9.17, 15) is 0 Å². The molecule has 2 aromatic heterocycles. The molecule has 2 heteroatoms. The Morgan fingerprint density at radius 2 is 0.593 bits per heavy atom. The van der Waals surface area contributed by atoms with E-state index in [4.69, 9.17) is 9.97 Å². The average Bonchev–Trinajstić information content (AvgIpc) is 3.19. The largest absolute Gasteiger partial charge is 0.247 e. The molecule has 2 heterocycles. The van der Waals surface area contributed by atoms with Gasteiger partial charge in [0.2, 0.25) is 0 Å². The Balaban J connectivity index is 1.05. The Morgan fingerprint density at radius 3 is 0.963 bits per heavy atom. The molecule has 2 nitrogen and oxygen atoms in total. The van der Waals surface area contributed by atoms with Crippen molar-refractivity contribution in [3.8, 4) is 44.8 Å². The normalized spacial score (nSPS) is 12.3. The number of hydrogen-bond acceptors (Lipinski definition) is 2. The van der Waals surface area contributed by atoms with Crippen LogP contribution >= 0.6 is 0 Å². The van der Waals surface area contributed by atoms with E-state index in [2.05, 4.69) is 199 Å². The van der Waals surface area contributed by atoms with Crippen LogP contribution in [0.25, 0.3) is 88.1 Å². The van der Waals surface area contributed by atoms with Gasteiger partial charge in [-0.1, -0.05) is 175 Å². The van der Waals surface area contributed by atoms with Crippen LogP contribution in [0.15, 0.2) is 158 Å². The topological polar surface area (TPSA) is 25.8 Å². The number of fused-ring (bicyclic) bond motifs is 6. The summed E-state index contributed by atoms with van der Waals surface area (Å²) in [4.78, 5) is 10.5. The van der Waals surface area contributed by atoms with Gasteiger partial charge in [-0.15, -0.1) is 0 Å². The second-order valence-electron chi connectivity index (χ2n) is 16.8. The Bertz CT molecular complexity index is 2650. The van der Waals surface area contributed by atoms with E-state index >= 15 is 0 Å². The number of nitrogens with zero attached hydrogens (tertiary/aromatic N) is 2. The molecule has 0 saturated heterocycles. The first kappa shape index (κ1) is 33.7. The van der Waals surface area contributed by atoms with Gasteiger partial charge in [0.15, 0.2) is 0 Å². The molecule has 0 saturated carbocycles. The minimum atomic E-state index is 0.127. The van der Waals surface area contributed by atoms with Gasteiger partial charge in [0.05, 0.1) is 22.4 Å². The molecule has 7 aromatic carbocycles. The lowest BCUT2D eigenvalue weighted by atomic mass is 9.86. The maximum atomic E-state index is 5.27. The zero-order valence-electron chi connectivity index (χ0n) is 31.9. The zero-order valence-corrected chi connectivity index (χ0v) is 31.9. The lowest BCUT2D eigenvalue weighted by molar-refractivity contribution is 0.590. The van der Waals surface area contributed by atoms with Crippen molar-refractivity contribution in [2.24, 2.45) is 0 Å². The van der Waals surface area contributed by atoms with Crippen molar-refractivity contribution in [1.29, 1.82) is 0 Å². The van der Waals surface area contributed by atoms with E-state index in [1.54, 1.807) is 0 Å². The van der Waals surface area contributed by atoms with E-state index in [0.717, 1.165) is 44.3 Å². The van der Waals surface area contributed by atoms with Crippen molar-refractivity contribution in [2.75, 3.05) is 0 Å². The standard InChI is InChI=1S/C52H44N2/c1-51(2,3)43-25-19-33(20-26-43)41-17-9-35-7-15-39-23-29-47(53-49(39)45(35)31-41)37-11-13-38(14-12-37)48-30-24-40-16-8-36-10-18-42(32-46(36)50(40)54-48)34-21-27-44(28-22-34)52(4,5)6/h7-32H,1-6H3. The highest BCUT2D eigenvalue weighted by Gasteiger charge is 2.15. The summed E-state index contributed by atoms with van der Waals surface area (Å²) in [5.41, 5.74) is 13.9. The van der Waals surface area contributed by atoms with E-state index < -0.39 is 0 Å². The molecule has 0 N–H and O–H groups in total. The van der Waals surface area contributed by atoms with E-state index in [1.165, 1.54) is 54.9 Å². The van der Waals surface area contributed by atoms with Gasteiger partial charge in [-0.25, -0.2) is 9.97 Å². The van der Waals surface area contributed by atoms with Crippen LogP contribution in [0.5, 0.6) is 0 Å². The quantitative estimate of drug-likeness (QED) is 0.171. The summed E-state index contributed by atoms with van der Waals surface area (Å²) in [6.07, 6.45) is 0. The lowest BCUT2D eigenvalue weighted by Crippen LogP contribution is -2.10. The van der Waals surface area contributed by atoms with Gasteiger partial charge >= 0.3 is 0 Å². The predicted molar refractivity (Wildman–Crippen MR) is 231 cm³/mol. The minimum Gasteiger partial charge on any atom is -0.247 e. The molecule has 0 aliphatic rings. The summed E-state index contributed by atoms with van der Waals surface area (Å²) in [6.45, 7) is 13.5. The molecule has 0 atom stereocenters. The number of aromatic nitrogens is 2. The Labute approximate surface area is 318 Å². The number of pyridine rings is 2. The summed E-state index contributed by atoms with van der Waals surface area (Å²) in [5, 5.41) is 7.00. The van der Waals surface area contributed by atoms with Crippen LogP contribution in [-0.4, -0.2) is 9.97 Å². The SMILES string of the molecule is CC(C)(C)c1ccc(-c2ccc3ccc4ccc(-c5ccc(-c6ccc7ccc8ccc(-c9ccc(C(C)(C)C)cc9)cc8c7n6)cc5)nc4c3c2)cc1. The van der Waals surface area contributed by atoms with Crippen LogP contribution in [0.1, 0.15) is 52.7 Å². The van der Waals surface area contributed by atoms with Crippen molar-refractivity contribution in [1.82, 2.24) is 9.97 Å². The Kier molecular flexibility index (Phi) is 7.97. The highest BCUT2D eigenvalue weighted by atomic mass is 14.7. The van der Waals surface area contributed by atoms with E-state index in [0.29, 0.717) is 0 Å². The van der Waals surface area contributed by atoms with Crippen molar-refractivity contribution >= 4 is 43.4 Å². The summed E-state index contributed by atoms with van der Waals surface area (Å²) in [5.74, 6) is 0. The lowest BCUT2D eigenvalue weighted by Gasteiger charge is -2.19. The van der Waals surface area contributed by atoms with Crippen molar-refractivity contribution in [3.05, 3.63) is 169 Å². The second-order valence-corrected chi connectivity index (χ2v) is 16.8. The molecule has 0 aliphatic carbocycles. The minimum absolute atomic E-state index is 0.127. The molecular weight excluding hydrogens is 653 g/mol. The molecule has 0 radical (unpaired) electrons. The summed E-state index contributed by atoms with van der Waals surface area (Å²) in [6, 6.07) is 57.5. The molecule has 0 amide bonds. The van der Waals surface area contributed by atoms with E-state index in [1.807, 2.05) is 0 Å². The maximum Gasteiger partial charge on any atom is 0.0788 e. The molecule has 0 aliphatic heterocycles. The molecule has 0 bridgehead atoms. The van der Waals surface area contributed by atoms with Crippen LogP contribution in [0.4, 0.5) is 0 Å². The first-order valence-corrected chi connectivity index (χ1v) is 19.0.